The molecule has 0 unspecified atom stereocenters. The lowest BCUT2D eigenvalue weighted by atomic mass is 10.1. The lowest BCUT2D eigenvalue weighted by Crippen LogP contribution is -2.15. The quantitative estimate of drug-likeness (QED) is 0.633. The summed E-state index contributed by atoms with van der Waals surface area (Å²) in [7, 11) is 0. The van der Waals surface area contributed by atoms with Gasteiger partial charge in [-0.2, -0.15) is 5.26 Å². The van der Waals surface area contributed by atoms with Crippen molar-refractivity contribution in [3.63, 3.8) is 0 Å². The maximum absolute atomic E-state index is 13.1. The molecule has 6 nitrogen and oxygen atoms in total. The fraction of sp³-hybridized carbons (Fsp3) is 0.111. The fourth-order valence-corrected chi connectivity index (χ4v) is 1.93. The van der Waals surface area contributed by atoms with Gasteiger partial charge in [0.2, 0.25) is 5.91 Å². The zero-order chi connectivity index (χ0) is 19.1. The van der Waals surface area contributed by atoms with Crippen LogP contribution in [0, 0.1) is 23.0 Å². The van der Waals surface area contributed by atoms with Gasteiger partial charge in [-0.1, -0.05) is 0 Å². The van der Waals surface area contributed by atoms with Crippen LogP contribution < -0.4 is 5.32 Å². The highest BCUT2D eigenvalue weighted by molar-refractivity contribution is 5.99. The van der Waals surface area contributed by atoms with Crippen LogP contribution in [0.1, 0.15) is 27.1 Å². The van der Waals surface area contributed by atoms with E-state index in [4.69, 9.17) is 10.00 Å². The van der Waals surface area contributed by atoms with Crippen molar-refractivity contribution in [3.05, 3.63) is 65.2 Å². The number of ether oxygens (including phenoxy) is 1. The Kier molecular flexibility index (Phi) is 6.11. The zero-order valence-electron chi connectivity index (χ0n) is 13.3. The molecule has 0 aliphatic carbocycles. The molecule has 1 N–H and O–H groups in total. The van der Waals surface area contributed by atoms with Gasteiger partial charge in [-0.3, -0.25) is 9.59 Å². The second-order valence-corrected chi connectivity index (χ2v) is 5.09. The zero-order valence-corrected chi connectivity index (χ0v) is 13.3. The van der Waals surface area contributed by atoms with E-state index in [1.807, 2.05) is 0 Å². The van der Waals surface area contributed by atoms with Gasteiger partial charge in [-0.05, 0) is 42.5 Å². The topological polar surface area (TPSA) is 96.3 Å². The first kappa shape index (κ1) is 18.7. The molecule has 0 spiro atoms. The number of amides is 1. The molecule has 0 atom stereocenters. The van der Waals surface area contributed by atoms with E-state index in [0.717, 1.165) is 18.2 Å². The lowest BCUT2D eigenvalue weighted by Gasteiger charge is -2.06. The molecular formula is C18H12F2N2O4. The van der Waals surface area contributed by atoms with Gasteiger partial charge in [0.25, 0.3) is 0 Å². The molecule has 1 amide bonds. The number of nitriles is 1. The summed E-state index contributed by atoms with van der Waals surface area (Å²) in [5.74, 6) is -4.22. The number of halogens is 2. The molecule has 0 bridgehead atoms. The number of esters is 1. The highest BCUT2D eigenvalue weighted by Gasteiger charge is 2.14. The highest BCUT2D eigenvalue weighted by atomic mass is 19.2. The average molecular weight is 358 g/mol. The minimum Gasteiger partial charge on any atom is -0.454 e. The number of carbonyl (C=O) groups excluding carboxylic acids is 3. The highest BCUT2D eigenvalue weighted by Crippen LogP contribution is 2.12. The summed E-state index contributed by atoms with van der Waals surface area (Å²) in [6.45, 7) is -0.634. The van der Waals surface area contributed by atoms with Crippen molar-refractivity contribution >= 4 is 23.3 Å². The molecular weight excluding hydrogens is 346 g/mol. The Morgan fingerprint density at radius 1 is 1.00 bits per heavy atom. The van der Waals surface area contributed by atoms with E-state index >= 15 is 0 Å². The molecule has 0 fully saturated rings. The second-order valence-electron chi connectivity index (χ2n) is 5.09. The minimum atomic E-state index is -1.17. The Labute approximate surface area is 147 Å². The van der Waals surface area contributed by atoms with Gasteiger partial charge in [0.1, 0.15) is 6.42 Å². The largest absolute Gasteiger partial charge is 0.454 e. The molecule has 0 aliphatic rings. The molecule has 0 saturated heterocycles. The summed E-state index contributed by atoms with van der Waals surface area (Å²) in [4.78, 5) is 35.0. The van der Waals surface area contributed by atoms with Gasteiger partial charge in [-0.25, -0.2) is 13.6 Å². The van der Waals surface area contributed by atoms with E-state index in [1.54, 1.807) is 6.07 Å². The Bertz CT molecular complexity index is 889. The third kappa shape index (κ3) is 4.95. The Morgan fingerprint density at radius 3 is 2.27 bits per heavy atom. The van der Waals surface area contributed by atoms with Crippen LogP contribution in [0.15, 0.2) is 42.5 Å². The van der Waals surface area contributed by atoms with Crippen LogP contribution in [0.4, 0.5) is 14.5 Å². The number of ketones is 1. The summed E-state index contributed by atoms with van der Waals surface area (Å²) in [5, 5.41) is 10.9. The van der Waals surface area contributed by atoms with Crippen molar-refractivity contribution < 1.29 is 27.9 Å². The standard InChI is InChI=1S/C18H12F2N2O4/c19-14-6-3-12(9-15(14)20)16(23)10-26-18(25)11-1-4-13(5-2-11)22-17(24)7-8-21/h1-6,9H,7,10H2,(H,22,24). The Morgan fingerprint density at radius 2 is 1.65 bits per heavy atom. The Hall–Kier alpha value is -3.60. The maximum atomic E-state index is 13.1. The van der Waals surface area contributed by atoms with Gasteiger partial charge in [-0.15, -0.1) is 0 Å². The first-order valence-electron chi connectivity index (χ1n) is 7.33. The molecule has 0 saturated carbocycles. The number of nitrogens with zero attached hydrogens (tertiary/aromatic N) is 1. The summed E-state index contributed by atoms with van der Waals surface area (Å²) in [5.41, 5.74) is 0.397. The van der Waals surface area contributed by atoms with E-state index in [1.165, 1.54) is 24.3 Å². The third-order valence-corrected chi connectivity index (χ3v) is 3.22. The number of rotatable bonds is 6. The summed E-state index contributed by atoms with van der Waals surface area (Å²) >= 11 is 0. The van der Waals surface area contributed by atoms with Gasteiger partial charge in [0.05, 0.1) is 11.6 Å². The van der Waals surface area contributed by atoms with Gasteiger partial charge >= 0.3 is 5.97 Å². The smallest absolute Gasteiger partial charge is 0.338 e. The van der Waals surface area contributed by atoms with Crippen molar-refractivity contribution in [2.75, 3.05) is 11.9 Å². The van der Waals surface area contributed by atoms with Crippen LogP contribution in [-0.4, -0.2) is 24.3 Å². The van der Waals surface area contributed by atoms with E-state index < -0.39 is 35.9 Å². The van der Waals surface area contributed by atoms with Gasteiger partial charge in [0, 0.05) is 11.3 Å². The monoisotopic (exact) mass is 358 g/mol. The third-order valence-electron chi connectivity index (χ3n) is 3.22. The number of benzene rings is 2. The molecule has 0 heterocycles. The van der Waals surface area contributed by atoms with E-state index in [2.05, 4.69) is 5.32 Å². The van der Waals surface area contributed by atoms with Gasteiger partial charge < -0.3 is 10.1 Å². The number of hydrogen-bond acceptors (Lipinski definition) is 5. The summed E-state index contributed by atoms with van der Waals surface area (Å²) < 4.78 is 30.8. The summed E-state index contributed by atoms with van der Waals surface area (Å²) in [6.07, 6.45) is -0.296. The minimum absolute atomic E-state index is 0.118. The molecule has 0 aromatic heterocycles. The van der Waals surface area contributed by atoms with Crippen molar-refractivity contribution in [2.24, 2.45) is 0 Å². The predicted molar refractivity (Wildman–Crippen MR) is 86.3 cm³/mol. The maximum Gasteiger partial charge on any atom is 0.338 e. The van der Waals surface area contributed by atoms with E-state index in [9.17, 15) is 23.2 Å². The molecule has 2 rings (SSSR count). The number of carbonyl (C=O) groups is 3. The molecule has 0 aliphatic heterocycles. The van der Waals surface area contributed by atoms with Crippen LogP contribution in [-0.2, 0) is 9.53 Å². The second kappa shape index (κ2) is 8.48. The van der Waals surface area contributed by atoms with Crippen molar-refractivity contribution in [1.82, 2.24) is 0 Å². The van der Waals surface area contributed by atoms with Crippen LogP contribution >= 0.6 is 0 Å². The lowest BCUT2D eigenvalue weighted by molar-refractivity contribution is -0.115. The Balaban J connectivity index is 1.93. The van der Waals surface area contributed by atoms with E-state index in [0.29, 0.717) is 5.69 Å². The molecule has 132 valence electrons. The van der Waals surface area contributed by atoms with Crippen LogP contribution in [0.5, 0.6) is 0 Å². The first-order chi connectivity index (χ1) is 12.4. The number of anilines is 1. The normalized spacial score (nSPS) is 9.88. The first-order valence-corrected chi connectivity index (χ1v) is 7.33. The molecule has 26 heavy (non-hydrogen) atoms. The average Bonchev–Trinajstić information content (AvgIpc) is 2.62. The number of nitrogens with one attached hydrogen (secondary N) is 1. The number of hydrogen-bond donors (Lipinski definition) is 1. The van der Waals surface area contributed by atoms with Crippen LogP contribution in [0.25, 0.3) is 0 Å². The van der Waals surface area contributed by atoms with Crippen LogP contribution in [0.2, 0.25) is 0 Å². The van der Waals surface area contributed by atoms with Crippen molar-refractivity contribution in [3.8, 4) is 6.07 Å². The predicted octanol–water partition coefficient (Wildman–Crippen LogP) is 2.86. The molecule has 2 aromatic carbocycles. The summed E-state index contributed by atoms with van der Waals surface area (Å²) in [6, 6.07) is 9.93. The SMILES string of the molecule is N#CCC(=O)Nc1ccc(C(=O)OCC(=O)c2ccc(F)c(F)c2)cc1. The van der Waals surface area contributed by atoms with E-state index in [-0.39, 0.29) is 17.5 Å². The van der Waals surface area contributed by atoms with Crippen molar-refractivity contribution in [1.29, 1.82) is 5.26 Å². The fourth-order valence-electron chi connectivity index (χ4n) is 1.93. The van der Waals surface area contributed by atoms with Crippen molar-refractivity contribution in [2.45, 2.75) is 6.42 Å². The number of Topliss-reactive ketones (excluding diaryl/α,β-unsaturated/α-hetero) is 1. The van der Waals surface area contributed by atoms with Crippen LogP contribution in [0.3, 0.4) is 0 Å². The molecule has 8 heteroatoms. The van der Waals surface area contributed by atoms with Gasteiger partial charge in [0.15, 0.2) is 24.0 Å². The molecule has 2 aromatic rings. The molecule has 0 radical (unpaired) electrons.